The Bertz CT molecular complexity index is 425. The monoisotopic (exact) mass is 226 g/mol. The molecule has 0 saturated heterocycles. The maximum Gasteiger partial charge on any atom is 0.177 e. The van der Waals surface area contributed by atoms with Crippen molar-refractivity contribution in [3.8, 4) is 0 Å². The van der Waals surface area contributed by atoms with E-state index in [1.165, 1.54) is 10.4 Å². The van der Waals surface area contributed by atoms with Crippen molar-refractivity contribution in [1.82, 2.24) is 0 Å². The number of carbonyl (C=O) groups is 1. The fourth-order valence-electron chi connectivity index (χ4n) is 1.95. The van der Waals surface area contributed by atoms with E-state index < -0.39 is 8.80 Å². The summed E-state index contributed by atoms with van der Waals surface area (Å²) in [5.74, 6) is 0. The van der Waals surface area contributed by atoms with Gasteiger partial charge in [-0.1, -0.05) is 60.7 Å². The first kappa shape index (κ1) is 10.8. The summed E-state index contributed by atoms with van der Waals surface area (Å²) in [4.78, 5) is 11.8. The molecule has 0 unspecified atom stereocenters. The molecule has 2 aromatic rings. The fraction of sp³-hybridized carbons (Fsp3) is 0.0714. The first-order valence-corrected chi connectivity index (χ1v) is 7.12. The Morgan fingerprint density at radius 1 is 0.812 bits per heavy atom. The Morgan fingerprint density at radius 3 is 1.50 bits per heavy atom. The Balaban J connectivity index is 2.44. The molecule has 0 aliphatic rings. The smallest absolute Gasteiger partial charge is 0.177 e. The van der Waals surface area contributed by atoms with Crippen LogP contribution in [0.25, 0.3) is 0 Å². The SMILES string of the molecule is CC(=O)[SiH](c1ccccc1)c1ccccc1. The van der Waals surface area contributed by atoms with Crippen LogP contribution in [0.1, 0.15) is 6.92 Å². The van der Waals surface area contributed by atoms with Gasteiger partial charge in [-0.3, -0.25) is 0 Å². The summed E-state index contributed by atoms with van der Waals surface area (Å²) in [7, 11) is -1.66. The molecule has 2 aromatic carbocycles. The van der Waals surface area contributed by atoms with Crippen LogP contribution in [-0.4, -0.2) is 14.2 Å². The third-order valence-corrected chi connectivity index (χ3v) is 5.59. The highest BCUT2D eigenvalue weighted by Gasteiger charge is 2.20. The van der Waals surface area contributed by atoms with Crippen molar-refractivity contribution in [1.29, 1.82) is 0 Å². The minimum absolute atomic E-state index is 0.317. The van der Waals surface area contributed by atoms with Gasteiger partial charge in [0.1, 0.15) is 5.41 Å². The number of benzene rings is 2. The Kier molecular flexibility index (Phi) is 3.32. The molecule has 0 aliphatic carbocycles. The summed E-state index contributed by atoms with van der Waals surface area (Å²) in [5.41, 5.74) is 0. The first-order valence-electron chi connectivity index (χ1n) is 5.39. The largest absolute Gasteiger partial charge is 0.305 e. The van der Waals surface area contributed by atoms with Gasteiger partial charge in [0.15, 0.2) is 8.80 Å². The van der Waals surface area contributed by atoms with Crippen LogP contribution in [-0.2, 0) is 4.79 Å². The molecule has 0 spiro atoms. The minimum atomic E-state index is -1.66. The highest BCUT2D eigenvalue weighted by Crippen LogP contribution is 1.93. The van der Waals surface area contributed by atoms with Crippen LogP contribution in [0.2, 0.25) is 0 Å². The summed E-state index contributed by atoms with van der Waals surface area (Å²) < 4.78 is 0. The van der Waals surface area contributed by atoms with E-state index in [-0.39, 0.29) is 0 Å². The highest BCUT2D eigenvalue weighted by atomic mass is 28.3. The molecule has 0 amide bonds. The van der Waals surface area contributed by atoms with E-state index in [9.17, 15) is 4.79 Å². The topological polar surface area (TPSA) is 17.1 Å². The summed E-state index contributed by atoms with van der Waals surface area (Å²) in [6.07, 6.45) is 0. The molecule has 0 radical (unpaired) electrons. The maximum absolute atomic E-state index is 11.8. The lowest BCUT2D eigenvalue weighted by Gasteiger charge is -2.12. The van der Waals surface area contributed by atoms with Gasteiger partial charge >= 0.3 is 0 Å². The van der Waals surface area contributed by atoms with Gasteiger partial charge in [-0.15, -0.1) is 0 Å². The number of hydrogen-bond donors (Lipinski definition) is 0. The van der Waals surface area contributed by atoms with E-state index >= 15 is 0 Å². The third-order valence-electron chi connectivity index (χ3n) is 2.67. The molecule has 80 valence electrons. The Morgan fingerprint density at radius 2 is 1.19 bits per heavy atom. The van der Waals surface area contributed by atoms with Crippen molar-refractivity contribution in [2.75, 3.05) is 0 Å². The van der Waals surface area contributed by atoms with E-state index in [1.807, 2.05) is 36.4 Å². The predicted octanol–water partition coefficient (Wildman–Crippen LogP) is 1.16. The molecular formula is C14H14OSi. The lowest BCUT2D eigenvalue weighted by atomic mass is 10.4. The van der Waals surface area contributed by atoms with Crippen LogP contribution < -0.4 is 10.4 Å². The zero-order chi connectivity index (χ0) is 11.4. The van der Waals surface area contributed by atoms with Crippen molar-refractivity contribution in [2.24, 2.45) is 0 Å². The van der Waals surface area contributed by atoms with E-state index in [4.69, 9.17) is 0 Å². The zero-order valence-electron chi connectivity index (χ0n) is 9.26. The molecule has 0 heterocycles. The molecule has 0 saturated carbocycles. The number of carbonyl (C=O) groups excluding carboxylic acids is 1. The van der Waals surface area contributed by atoms with Gasteiger partial charge in [0, 0.05) is 0 Å². The minimum Gasteiger partial charge on any atom is -0.305 e. The third kappa shape index (κ3) is 2.28. The van der Waals surface area contributed by atoms with Gasteiger partial charge in [0.05, 0.1) is 0 Å². The van der Waals surface area contributed by atoms with Crippen molar-refractivity contribution in [2.45, 2.75) is 6.92 Å². The van der Waals surface area contributed by atoms with Gasteiger partial charge in [-0.05, 0) is 17.3 Å². The lowest BCUT2D eigenvalue weighted by molar-refractivity contribution is -0.110. The van der Waals surface area contributed by atoms with Gasteiger partial charge in [0.2, 0.25) is 0 Å². The normalized spacial score (nSPS) is 10.4. The van der Waals surface area contributed by atoms with E-state index in [2.05, 4.69) is 24.3 Å². The Labute approximate surface area is 97.4 Å². The second kappa shape index (κ2) is 4.90. The fourth-order valence-corrected chi connectivity index (χ4v) is 4.49. The zero-order valence-corrected chi connectivity index (χ0v) is 10.4. The quantitative estimate of drug-likeness (QED) is 0.718. The molecule has 0 aliphatic heterocycles. The van der Waals surface area contributed by atoms with E-state index in [0.717, 1.165) is 0 Å². The van der Waals surface area contributed by atoms with E-state index in [0.29, 0.717) is 5.41 Å². The Hall–Kier alpha value is -1.67. The molecular weight excluding hydrogens is 212 g/mol. The molecule has 16 heavy (non-hydrogen) atoms. The van der Waals surface area contributed by atoms with Crippen LogP contribution in [0.5, 0.6) is 0 Å². The van der Waals surface area contributed by atoms with Crippen LogP contribution in [0.4, 0.5) is 0 Å². The molecule has 0 bridgehead atoms. The molecule has 0 N–H and O–H groups in total. The second-order valence-corrected chi connectivity index (χ2v) is 6.88. The molecule has 0 aromatic heterocycles. The lowest BCUT2D eigenvalue weighted by Crippen LogP contribution is -2.48. The van der Waals surface area contributed by atoms with Crippen LogP contribution in [0.3, 0.4) is 0 Å². The van der Waals surface area contributed by atoms with E-state index in [1.54, 1.807) is 6.92 Å². The van der Waals surface area contributed by atoms with Gasteiger partial charge in [-0.25, -0.2) is 0 Å². The second-order valence-electron chi connectivity index (χ2n) is 3.87. The summed E-state index contributed by atoms with van der Waals surface area (Å²) >= 11 is 0. The van der Waals surface area contributed by atoms with Crippen LogP contribution in [0.15, 0.2) is 60.7 Å². The molecule has 2 rings (SSSR count). The van der Waals surface area contributed by atoms with Crippen LogP contribution >= 0.6 is 0 Å². The average Bonchev–Trinajstić information content (AvgIpc) is 2.31. The number of hydrogen-bond acceptors (Lipinski definition) is 1. The summed E-state index contributed by atoms with van der Waals surface area (Å²) in [6, 6.07) is 20.2. The molecule has 0 atom stereocenters. The van der Waals surface area contributed by atoms with Gasteiger partial charge in [0.25, 0.3) is 0 Å². The standard InChI is InChI=1S/C14H14OSi/c1-12(15)16(13-8-4-2-5-9-13)14-10-6-3-7-11-14/h2-11,16H,1H3. The van der Waals surface area contributed by atoms with Gasteiger partial charge in [-0.2, -0.15) is 0 Å². The number of rotatable bonds is 3. The highest BCUT2D eigenvalue weighted by molar-refractivity contribution is 7.07. The summed E-state index contributed by atoms with van der Waals surface area (Å²) in [5, 5.41) is 2.71. The van der Waals surface area contributed by atoms with Crippen molar-refractivity contribution >= 4 is 24.6 Å². The molecule has 1 nitrogen and oxygen atoms in total. The van der Waals surface area contributed by atoms with Gasteiger partial charge < -0.3 is 4.79 Å². The van der Waals surface area contributed by atoms with Crippen LogP contribution in [0, 0.1) is 0 Å². The van der Waals surface area contributed by atoms with Crippen molar-refractivity contribution in [3.05, 3.63) is 60.7 Å². The van der Waals surface area contributed by atoms with Crippen molar-refractivity contribution in [3.63, 3.8) is 0 Å². The first-order chi connectivity index (χ1) is 7.79. The molecule has 2 heteroatoms. The average molecular weight is 226 g/mol. The maximum atomic E-state index is 11.8. The van der Waals surface area contributed by atoms with Crippen molar-refractivity contribution < 1.29 is 4.79 Å². The predicted molar refractivity (Wildman–Crippen MR) is 70.0 cm³/mol. The molecule has 0 fully saturated rings. The summed E-state index contributed by atoms with van der Waals surface area (Å²) in [6.45, 7) is 1.71.